The number of aromatic nitrogens is 1. The lowest BCUT2D eigenvalue weighted by molar-refractivity contribution is 0.0967. The van der Waals surface area contributed by atoms with E-state index in [4.69, 9.17) is 40.1 Å². The van der Waals surface area contributed by atoms with Crippen molar-refractivity contribution in [3.63, 3.8) is 0 Å². The molecule has 2 N–H and O–H groups in total. The summed E-state index contributed by atoms with van der Waals surface area (Å²) in [6, 6.07) is 14.2. The number of hydrogen-bond acceptors (Lipinski definition) is 5. The highest BCUT2D eigenvalue weighted by Crippen LogP contribution is 2.32. The average molecular weight is 478 g/mol. The van der Waals surface area contributed by atoms with E-state index in [0.717, 1.165) is 4.90 Å². The number of anilines is 1. The Morgan fingerprint density at radius 3 is 2.27 bits per heavy atom. The molecule has 0 aliphatic carbocycles. The van der Waals surface area contributed by atoms with Crippen molar-refractivity contribution in [2.24, 2.45) is 0 Å². The molecule has 1 heterocycles. The van der Waals surface area contributed by atoms with Gasteiger partial charge in [-0.05, 0) is 42.5 Å². The lowest BCUT2D eigenvalue weighted by atomic mass is 10.2. The fourth-order valence-electron chi connectivity index (χ4n) is 2.32. The Morgan fingerprint density at radius 1 is 1.00 bits per heavy atom. The number of carbonyl (C=O) groups is 2. The molecule has 0 spiro atoms. The largest absolute Gasteiger partial charge is 0.326 e. The van der Waals surface area contributed by atoms with Crippen LogP contribution in [-0.4, -0.2) is 16.9 Å². The summed E-state index contributed by atoms with van der Waals surface area (Å²) in [5.74, 6) is -0.711. The molecule has 150 valence electrons. The number of urea groups is 1. The van der Waals surface area contributed by atoms with E-state index in [1.807, 2.05) is 6.07 Å². The van der Waals surface area contributed by atoms with Crippen LogP contribution in [0.1, 0.15) is 15.9 Å². The molecule has 0 saturated carbocycles. The predicted molar refractivity (Wildman–Crippen MR) is 117 cm³/mol. The number of halogens is 3. The van der Waals surface area contributed by atoms with Gasteiger partial charge >= 0.3 is 6.03 Å². The minimum atomic E-state index is -0.729. The van der Waals surface area contributed by atoms with Crippen LogP contribution in [0.2, 0.25) is 15.1 Å². The maximum atomic E-state index is 12.2. The number of imide groups is 1. The van der Waals surface area contributed by atoms with Gasteiger partial charge in [0.2, 0.25) is 0 Å². The quantitative estimate of drug-likeness (QED) is 0.478. The second kappa shape index (κ2) is 9.83. The number of nitrogens with zero attached hydrogens (tertiary/aromatic N) is 2. The summed E-state index contributed by atoms with van der Waals surface area (Å²) in [4.78, 5) is 29.3. The molecule has 0 fully saturated rings. The van der Waals surface area contributed by atoms with Gasteiger partial charge in [0.1, 0.15) is 11.1 Å². The van der Waals surface area contributed by atoms with Gasteiger partial charge in [0.05, 0.1) is 26.2 Å². The Bertz CT molecular complexity index is 1140. The minimum absolute atomic E-state index is 0.0227. The molecular formula is C20H11Cl3N4O2S. The van der Waals surface area contributed by atoms with Gasteiger partial charge in [-0.25, -0.2) is 9.78 Å². The highest BCUT2D eigenvalue weighted by atomic mass is 35.5. The summed E-state index contributed by atoms with van der Waals surface area (Å²) in [5.41, 5.74) is 0.867. The first kappa shape index (κ1) is 21.9. The van der Waals surface area contributed by atoms with Crippen molar-refractivity contribution in [3.05, 3.63) is 80.9 Å². The summed E-state index contributed by atoms with van der Waals surface area (Å²) in [6.45, 7) is 0. The molecule has 0 atom stereocenters. The average Bonchev–Trinajstić information content (AvgIpc) is 2.70. The smallest absolute Gasteiger partial charge is 0.308 e. The van der Waals surface area contributed by atoms with Gasteiger partial charge in [-0.1, -0.05) is 52.6 Å². The van der Waals surface area contributed by atoms with E-state index in [0.29, 0.717) is 21.3 Å². The van der Waals surface area contributed by atoms with Gasteiger partial charge in [-0.2, -0.15) is 5.26 Å². The van der Waals surface area contributed by atoms with Crippen LogP contribution in [0.25, 0.3) is 0 Å². The van der Waals surface area contributed by atoms with Gasteiger partial charge in [0.25, 0.3) is 5.91 Å². The van der Waals surface area contributed by atoms with Crippen LogP contribution in [-0.2, 0) is 0 Å². The van der Waals surface area contributed by atoms with Crippen molar-refractivity contribution in [2.75, 3.05) is 5.32 Å². The molecule has 0 aliphatic heterocycles. The molecule has 6 nitrogen and oxygen atoms in total. The summed E-state index contributed by atoms with van der Waals surface area (Å²) < 4.78 is 0. The van der Waals surface area contributed by atoms with Crippen molar-refractivity contribution in [1.29, 1.82) is 5.26 Å². The summed E-state index contributed by atoms with van der Waals surface area (Å²) in [7, 11) is 0. The molecule has 0 aliphatic rings. The van der Waals surface area contributed by atoms with Gasteiger partial charge in [0.15, 0.2) is 0 Å². The number of hydrogen-bond donors (Lipinski definition) is 2. The first-order valence-electron chi connectivity index (χ1n) is 8.27. The van der Waals surface area contributed by atoms with Crippen molar-refractivity contribution in [1.82, 2.24) is 10.3 Å². The van der Waals surface area contributed by atoms with Gasteiger partial charge < -0.3 is 5.32 Å². The molecule has 0 saturated heterocycles. The highest BCUT2D eigenvalue weighted by Gasteiger charge is 2.17. The van der Waals surface area contributed by atoms with E-state index in [1.165, 1.54) is 30.1 Å². The van der Waals surface area contributed by atoms with Crippen molar-refractivity contribution in [3.8, 4) is 6.07 Å². The van der Waals surface area contributed by atoms with E-state index < -0.39 is 11.9 Å². The van der Waals surface area contributed by atoms with Gasteiger partial charge in [0, 0.05) is 16.8 Å². The van der Waals surface area contributed by atoms with E-state index in [9.17, 15) is 9.59 Å². The molecule has 3 amide bonds. The van der Waals surface area contributed by atoms with E-state index >= 15 is 0 Å². The monoisotopic (exact) mass is 476 g/mol. The third-order valence-electron chi connectivity index (χ3n) is 3.68. The number of carbonyl (C=O) groups excluding carboxylic acids is 2. The number of nitriles is 1. The molecule has 1 aromatic heterocycles. The van der Waals surface area contributed by atoms with E-state index in [-0.39, 0.29) is 15.6 Å². The number of rotatable bonds is 4. The maximum Gasteiger partial charge on any atom is 0.326 e. The lowest BCUT2D eigenvalue weighted by Crippen LogP contribution is -2.34. The molecule has 3 aromatic rings. The van der Waals surface area contributed by atoms with Crippen LogP contribution in [0.15, 0.2) is 64.6 Å². The zero-order chi connectivity index (χ0) is 21.7. The fourth-order valence-corrected chi connectivity index (χ4v) is 3.93. The zero-order valence-corrected chi connectivity index (χ0v) is 18.0. The number of pyridine rings is 1. The number of benzene rings is 2. The van der Waals surface area contributed by atoms with Crippen LogP contribution in [0.4, 0.5) is 10.5 Å². The second-order valence-electron chi connectivity index (χ2n) is 5.75. The summed E-state index contributed by atoms with van der Waals surface area (Å²) >= 11 is 19.4. The molecule has 10 heteroatoms. The Morgan fingerprint density at radius 2 is 1.67 bits per heavy atom. The highest BCUT2D eigenvalue weighted by molar-refractivity contribution is 7.99. The lowest BCUT2D eigenvalue weighted by Gasteiger charge is -2.09. The summed E-state index contributed by atoms with van der Waals surface area (Å²) in [5, 5.41) is 14.8. The minimum Gasteiger partial charge on any atom is -0.308 e. The predicted octanol–water partition coefficient (Wildman–Crippen LogP) is 6.03. The summed E-state index contributed by atoms with van der Waals surface area (Å²) in [6.07, 6.45) is 1.44. The van der Waals surface area contributed by atoms with Crippen molar-refractivity contribution >= 4 is 64.2 Å². The maximum absolute atomic E-state index is 12.2. The Labute approximate surface area is 191 Å². The molecule has 3 rings (SSSR count). The SMILES string of the molecule is N#Cc1cnc(Sc2ccc(NC(=O)NC(=O)c3c(Cl)cccc3Cl)cc2)c(Cl)c1. The fraction of sp³-hybridized carbons (Fsp3) is 0. The van der Waals surface area contributed by atoms with Crippen molar-refractivity contribution in [2.45, 2.75) is 9.92 Å². The van der Waals surface area contributed by atoms with Gasteiger partial charge in [-0.15, -0.1) is 0 Å². The molecule has 30 heavy (non-hydrogen) atoms. The Hall–Kier alpha value is -2.76. The second-order valence-corrected chi connectivity index (χ2v) is 8.04. The Balaban J connectivity index is 1.62. The Kier molecular flexibility index (Phi) is 7.19. The van der Waals surface area contributed by atoms with Crippen LogP contribution in [0.3, 0.4) is 0 Å². The first-order valence-corrected chi connectivity index (χ1v) is 10.2. The molecule has 2 aromatic carbocycles. The van der Waals surface area contributed by atoms with Crippen LogP contribution < -0.4 is 10.6 Å². The molecule has 0 unspecified atom stereocenters. The van der Waals surface area contributed by atoms with Crippen LogP contribution in [0, 0.1) is 11.3 Å². The third kappa shape index (κ3) is 5.43. The molecule has 0 radical (unpaired) electrons. The van der Waals surface area contributed by atoms with Crippen molar-refractivity contribution < 1.29 is 9.59 Å². The normalized spacial score (nSPS) is 10.2. The topological polar surface area (TPSA) is 94.9 Å². The zero-order valence-electron chi connectivity index (χ0n) is 14.9. The van der Waals surface area contributed by atoms with E-state index in [2.05, 4.69) is 15.6 Å². The van der Waals surface area contributed by atoms with Gasteiger partial charge in [-0.3, -0.25) is 10.1 Å². The standard InChI is InChI=1S/C20H11Cl3N4O2S/c21-14-2-1-3-15(22)17(14)18(28)27-20(29)26-12-4-6-13(7-5-12)30-19-16(23)8-11(9-24)10-25-19/h1-8,10H,(H2,26,27,28,29). The molecule has 0 bridgehead atoms. The van der Waals surface area contributed by atoms with E-state index in [1.54, 1.807) is 36.4 Å². The molecular weight excluding hydrogens is 467 g/mol. The van der Waals surface area contributed by atoms with Crippen LogP contribution >= 0.6 is 46.6 Å². The first-order chi connectivity index (χ1) is 14.4. The number of amides is 3. The third-order valence-corrected chi connectivity index (χ3v) is 5.74. The number of nitrogens with one attached hydrogen (secondary N) is 2. The van der Waals surface area contributed by atoms with Crippen LogP contribution in [0.5, 0.6) is 0 Å².